The van der Waals surface area contributed by atoms with Gasteiger partial charge in [0.15, 0.2) is 0 Å². The minimum atomic E-state index is -0.0873. The fraction of sp³-hybridized carbons (Fsp3) is 0.680. The molecule has 1 N–H and O–H groups in total. The fourth-order valence-electron chi connectivity index (χ4n) is 6.50. The molecule has 0 aromatic heterocycles. The van der Waals surface area contributed by atoms with Gasteiger partial charge < -0.3 is 10.2 Å². The van der Waals surface area contributed by atoms with Crippen molar-refractivity contribution in [2.75, 3.05) is 6.54 Å². The molecule has 0 spiro atoms. The summed E-state index contributed by atoms with van der Waals surface area (Å²) in [4.78, 5) is 27.7. The Morgan fingerprint density at radius 1 is 1.03 bits per heavy atom. The molecule has 0 unspecified atom stereocenters. The van der Waals surface area contributed by atoms with Crippen molar-refractivity contribution in [2.45, 2.75) is 77.8 Å². The molecule has 1 aromatic carbocycles. The maximum absolute atomic E-state index is 13.0. The lowest BCUT2D eigenvalue weighted by Gasteiger charge is -2.55. The average molecular weight is 397 g/mol. The largest absolute Gasteiger partial charge is 0.356 e. The smallest absolute Gasteiger partial charge is 0.226 e. The summed E-state index contributed by atoms with van der Waals surface area (Å²) in [5.74, 6) is 2.80. The van der Waals surface area contributed by atoms with E-state index in [2.05, 4.69) is 31.3 Å². The molecule has 29 heavy (non-hydrogen) atoms. The van der Waals surface area contributed by atoms with Crippen LogP contribution in [-0.2, 0) is 16.1 Å². The van der Waals surface area contributed by atoms with Crippen LogP contribution in [0.25, 0.3) is 0 Å². The maximum atomic E-state index is 13.0. The predicted molar refractivity (Wildman–Crippen MR) is 115 cm³/mol. The summed E-state index contributed by atoms with van der Waals surface area (Å²) in [5, 5.41) is 3.20. The summed E-state index contributed by atoms with van der Waals surface area (Å²) in [7, 11) is 0. The third-order valence-corrected chi connectivity index (χ3v) is 7.51. The van der Waals surface area contributed by atoms with Gasteiger partial charge in [0.05, 0.1) is 0 Å². The second kappa shape index (κ2) is 8.49. The Bertz CT molecular complexity index is 692. The van der Waals surface area contributed by atoms with E-state index in [0.29, 0.717) is 19.5 Å². The topological polar surface area (TPSA) is 49.4 Å². The third kappa shape index (κ3) is 4.51. The van der Waals surface area contributed by atoms with Crippen LogP contribution in [0, 0.1) is 23.2 Å². The van der Waals surface area contributed by atoms with Gasteiger partial charge >= 0.3 is 0 Å². The lowest BCUT2D eigenvalue weighted by molar-refractivity contribution is -0.146. The number of nitrogens with one attached hydrogen (secondary N) is 1. The van der Waals surface area contributed by atoms with Gasteiger partial charge in [-0.05, 0) is 82.1 Å². The molecule has 0 heterocycles. The van der Waals surface area contributed by atoms with Crippen LogP contribution in [0.3, 0.4) is 0 Å². The molecule has 4 saturated carbocycles. The van der Waals surface area contributed by atoms with Crippen molar-refractivity contribution in [3.05, 3.63) is 35.9 Å². The van der Waals surface area contributed by atoms with E-state index >= 15 is 0 Å². The summed E-state index contributed by atoms with van der Waals surface area (Å²) >= 11 is 0. The zero-order chi connectivity index (χ0) is 20.4. The van der Waals surface area contributed by atoms with Crippen LogP contribution in [0.5, 0.6) is 0 Å². The first-order valence-electron chi connectivity index (χ1n) is 11.6. The first-order valence-corrected chi connectivity index (χ1v) is 11.6. The minimum absolute atomic E-state index is 0.0873. The van der Waals surface area contributed by atoms with Crippen molar-refractivity contribution in [1.29, 1.82) is 0 Å². The Morgan fingerprint density at radius 3 is 2.17 bits per heavy atom. The van der Waals surface area contributed by atoms with E-state index in [1.54, 1.807) is 0 Å². The van der Waals surface area contributed by atoms with Crippen LogP contribution in [0.4, 0.5) is 0 Å². The number of amides is 2. The van der Waals surface area contributed by atoms with E-state index in [0.717, 1.165) is 49.0 Å². The molecule has 4 bridgehead atoms. The summed E-state index contributed by atoms with van der Waals surface area (Å²) in [6.45, 7) is 5.39. The number of nitrogens with zero attached hydrogens (tertiary/aromatic N) is 1. The van der Waals surface area contributed by atoms with Gasteiger partial charge in [0.2, 0.25) is 11.8 Å². The lowest BCUT2D eigenvalue weighted by atomic mass is 9.49. The molecule has 4 fully saturated rings. The molecule has 0 aliphatic heterocycles. The number of carbonyl (C=O) groups excluding carboxylic acids is 2. The van der Waals surface area contributed by atoms with Gasteiger partial charge in [-0.15, -0.1) is 0 Å². The Balaban J connectivity index is 1.24. The Hall–Kier alpha value is -1.84. The zero-order valence-electron chi connectivity index (χ0n) is 18.0. The number of carbonyl (C=O) groups is 2. The van der Waals surface area contributed by atoms with Crippen molar-refractivity contribution >= 4 is 11.8 Å². The van der Waals surface area contributed by atoms with Gasteiger partial charge in [-0.25, -0.2) is 0 Å². The SMILES string of the molecule is CC(C)N(Cc1ccccc1)C(=O)CCCNC(=O)C12CC3CC(CC(C3)C1)C2. The van der Waals surface area contributed by atoms with Crippen molar-refractivity contribution in [3.8, 4) is 0 Å². The van der Waals surface area contributed by atoms with Crippen LogP contribution in [0.2, 0.25) is 0 Å². The van der Waals surface area contributed by atoms with Crippen LogP contribution in [-0.4, -0.2) is 29.3 Å². The Morgan fingerprint density at radius 2 is 1.62 bits per heavy atom. The van der Waals surface area contributed by atoms with Crippen LogP contribution in [0.1, 0.15) is 70.8 Å². The highest BCUT2D eigenvalue weighted by molar-refractivity contribution is 5.83. The molecular formula is C25H36N2O2. The highest BCUT2D eigenvalue weighted by atomic mass is 16.2. The van der Waals surface area contributed by atoms with Gasteiger partial charge in [0.25, 0.3) is 0 Å². The third-order valence-electron chi connectivity index (χ3n) is 7.51. The molecule has 0 saturated heterocycles. The maximum Gasteiger partial charge on any atom is 0.226 e. The minimum Gasteiger partial charge on any atom is -0.356 e. The first kappa shape index (κ1) is 20.4. The van der Waals surface area contributed by atoms with Crippen molar-refractivity contribution in [2.24, 2.45) is 23.2 Å². The van der Waals surface area contributed by atoms with Gasteiger partial charge in [0, 0.05) is 31.0 Å². The summed E-state index contributed by atoms with van der Waals surface area (Å²) in [6, 6.07) is 10.3. The summed E-state index contributed by atoms with van der Waals surface area (Å²) < 4.78 is 0. The van der Waals surface area contributed by atoms with Gasteiger partial charge in [0.1, 0.15) is 0 Å². The quantitative estimate of drug-likeness (QED) is 0.656. The second-order valence-electron chi connectivity index (χ2n) is 10.2. The highest BCUT2D eigenvalue weighted by Gasteiger charge is 2.54. The monoisotopic (exact) mass is 396 g/mol. The molecule has 4 heteroatoms. The lowest BCUT2D eigenvalue weighted by Crippen LogP contribution is -2.53. The molecule has 1 aromatic rings. The van der Waals surface area contributed by atoms with E-state index in [4.69, 9.17) is 0 Å². The molecular weight excluding hydrogens is 360 g/mol. The summed E-state index contributed by atoms with van der Waals surface area (Å²) in [5.41, 5.74) is 1.07. The van der Waals surface area contributed by atoms with E-state index in [1.807, 2.05) is 23.1 Å². The highest BCUT2D eigenvalue weighted by Crippen LogP contribution is 2.60. The van der Waals surface area contributed by atoms with Crippen LogP contribution in [0.15, 0.2) is 30.3 Å². The van der Waals surface area contributed by atoms with E-state index in [-0.39, 0.29) is 23.3 Å². The van der Waals surface area contributed by atoms with Gasteiger partial charge in [-0.3, -0.25) is 9.59 Å². The van der Waals surface area contributed by atoms with E-state index < -0.39 is 0 Å². The molecule has 4 nitrogen and oxygen atoms in total. The van der Waals surface area contributed by atoms with E-state index in [9.17, 15) is 9.59 Å². The number of hydrogen-bond acceptors (Lipinski definition) is 2. The Labute approximate surface area is 175 Å². The average Bonchev–Trinajstić information content (AvgIpc) is 2.68. The molecule has 2 amide bonds. The second-order valence-corrected chi connectivity index (χ2v) is 10.2. The number of benzene rings is 1. The standard InChI is InChI=1S/C25H36N2O2/c1-18(2)27(17-19-7-4-3-5-8-19)23(28)9-6-10-26-24(29)25-14-20-11-21(15-25)13-22(12-20)16-25/h3-5,7-8,18,20-22H,6,9-17H2,1-2H3,(H,26,29). The number of rotatable bonds is 8. The fourth-order valence-corrected chi connectivity index (χ4v) is 6.50. The molecule has 158 valence electrons. The first-order chi connectivity index (χ1) is 13.9. The van der Waals surface area contributed by atoms with E-state index in [1.165, 1.54) is 19.3 Å². The van der Waals surface area contributed by atoms with Crippen LogP contribution < -0.4 is 5.32 Å². The van der Waals surface area contributed by atoms with Crippen molar-refractivity contribution in [1.82, 2.24) is 10.2 Å². The number of hydrogen-bond donors (Lipinski definition) is 1. The molecule has 0 atom stereocenters. The zero-order valence-corrected chi connectivity index (χ0v) is 18.0. The molecule has 4 aliphatic rings. The van der Waals surface area contributed by atoms with Gasteiger partial charge in [-0.1, -0.05) is 30.3 Å². The van der Waals surface area contributed by atoms with Crippen LogP contribution >= 0.6 is 0 Å². The molecule has 5 rings (SSSR count). The Kier molecular flexibility index (Phi) is 5.98. The van der Waals surface area contributed by atoms with Crippen molar-refractivity contribution in [3.63, 3.8) is 0 Å². The predicted octanol–water partition coefficient (Wildman–Crippen LogP) is 4.54. The molecule has 4 aliphatic carbocycles. The summed E-state index contributed by atoms with van der Waals surface area (Å²) in [6.07, 6.45) is 8.57. The molecule has 0 radical (unpaired) electrons. The van der Waals surface area contributed by atoms with Gasteiger partial charge in [-0.2, -0.15) is 0 Å². The van der Waals surface area contributed by atoms with Crippen molar-refractivity contribution < 1.29 is 9.59 Å². The normalized spacial score (nSPS) is 29.8.